The number of benzene rings is 1. The van der Waals surface area contributed by atoms with Gasteiger partial charge in [-0.2, -0.15) is 4.98 Å². The van der Waals surface area contributed by atoms with Gasteiger partial charge < -0.3 is 4.52 Å². The van der Waals surface area contributed by atoms with Crippen molar-refractivity contribution in [1.29, 1.82) is 0 Å². The first kappa shape index (κ1) is 9.97. The van der Waals surface area contributed by atoms with E-state index in [2.05, 4.69) is 22.3 Å². The normalized spacial score (nSPS) is 10.4. The second kappa shape index (κ2) is 4.79. The molecule has 72 valence electrons. The molecule has 0 fully saturated rings. The third kappa shape index (κ3) is 2.71. The lowest BCUT2D eigenvalue weighted by Gasteiger charge is -1.95. The Morgan fingerprint density at radius 1 is 1.29 bits per heavy atom. The molecule has 2 aromatic rings. The highest BCUT2D eigenvalue weighted by Gasteiger charge is 2.03. The first-order valence-corrected chi connectivity index (χ1v) is 6.07. The van der Waals surface area contributed by atoms with Crippen LogP contribution in [0.1, 0.15) is 5.89 Å². The smallest absolute Gasteiger partial charge is 0.237 e. The third-order valence-corrected chi connectivity index (χ3v) is 2.98. The van der Waals surface area contributed by atoms with E-state index in [0.717, 1.165) is 5.75 Å². The van der Waals surface area contributed by atoms with Crippen molar-refractivity contribution in [3.05, 3.63) is 40.1 Å². The maximum Gasteiger partial charge on any atom is 0.237 e. The van der Waals surface area contributed by atoms with Gasteiger partial charge >= 0.3 is 0 Å². The molecule has 2 rings (SSSR count). The minimum absolute atomic E-state index is 0.659. The molecule has 1 heterocycles. The van der Waals surface area contributed by atoms with Crippen LogP contribution in [0.4, 0.5) is 0 Å². The molecule has 0 spiro atoms. The van der Waals surface area contributed by atoms with E-state index < -0.39 is 0 Å². The van der Waals surface area contributed by atoms with Crippen molar-refractivity contribution in [2.24, 2.45) is 0 Å². The zero-order chi connectivity index (χ0) is 9.80. The van der Waals surface area contributed by atoms with Gasteiger partial charge in [0, 0.05) is 27.5 Å². The monoisotopic (exact) mass is 318 g/mol. The van der Waals surface area contributed by atoms with E-state index in [9.17, 15) is 0 Å². The van der Waals surface area contributed by atoms with Gasteiger partial charge in [0.2, 0.25) is 9.72 Å². The standard InChI is InChI=1S/C9H7IN2OS/c10-9-11-8(13-12-9)6-14-7-4-2-1-3-5-7/h1-5H,6H2. The Hall–Kier alpha value is -0.560. The van der Waals surface area contributed by atoms with Crippen molar-refractivity contribution in [3.8, 4) is 0 Å². The topological polar surface area (TPSA) is 38.9 Å². The summed E-state index contributed by atoms with van der Waals surface area (Å²) in [5, 5.41) is 3.72. The molecule has 0 bridgehead atoms. The number of thioether (sulfide) groups is 1. The molecule has 0 aliphatic heterocycles. The quantitative estimate of drug-likeness (QED) is 0.644. The SMILES string of the molecule is Ic1noc(CSc2ccccc2)n1. The molecule has 0 unspecified atom stereocenters. The van der Waals surface area contributed by atoms with Crippen LogP contribution in [-0.2, 0) is 5.75 Å². The highest BCUT2D eigenvalue weighted by Crippen LogP contribution is 2.21. The second-order valence-electron chi connectivity index (χ2n) is 2.56. The Morgan fingerprint density at radius 2 is 2.07 bits per heavy atom. The Kier molecular flexibility index (Phi) is 3.41. The largest absolute Gasteiger partial charge is 0.338 e. The van der Waals surface area contributed by atoms with Crippen molar-refractivity contribution in [2.45, 2.75) is 10.6 Å². The van der Waals surface area contributed by atoms with E-state index >= 15 is 0 Å². The van der Waals surface area contributed by atoms with Crippen LogP contribution in [0.2, 0.25) is 0 Å². The molecule has 0 aliphatic carbocycles. The summed E-state index contributed by atoms with van der Waals surface area (Å²) in [6.45, 7) is 0. The number of nitrogens with zero attached hydrogens (tertiary/aromatic N) is 2. The predicted molar refractivity (Wildman–Crippen MR) is 63.0 cm³/mol. The fourth-order valence-corrected chi connectivity index (χ4v) is 2.08. The Morgan fingerprint density at radius 3 is 2.71 bits per heavy atom. The molecule has 1 aromatic heterocycles. The van der Waals surface area contributed by atoms with Crippen molar-refractivity contribution in [3.63, 3.8) is 0 Å². The molecule has 0 aliphatic rings. The zero-order valence-corrected chi connectivity index (χ0v) is 10.2. The van der Waals surface area contributed by atoms with E-state index in [1.54, 1.807) is 11.8 Å². The van der Waals surface area contributed by atoms with Gasteiger partial charge in [-0.05, 0) is 12.1 Å². The van der Waals surface area contributed by atoms with E-state index in [1.165, 1.54) is 4.90 Å². The molecular weight excluding hydrogens is 311 g/mol. The maximum absolute atomic E-state index is 5.00. The van der Waals surface area contributed by atoms with Gasteiger partial charge in [0.05, 0.1) is 5.75 Å². The van der Waals surface area contributed by atoms with Crippen LogP contribution in [0, 0.1) is 3.83 Å². The van der Waals surface area contributed by atoms with Gasteiger partial charge in [-0.3, -0.25) is 0 Å². The van der Waals surface area contributed by atoms with Gasteiger partial charge in [-0.25, -0.2) is 0 Å². The lowest BCUT2D eigenvalue weighted by molar-refractivity contribution is 0.387. The van der Waals surface area contributed by atoms with Crippen LogP contribution in [-0.4, -0.2) is 10.1 Å². The minimum atomic E-state index is 0.659. The number of hydrogen-bond donors (Lipinski definition) is 0. The Bertz CT molecular complexity index is 404. The van der Waals surface area contributed by atoms with E-state index in [4.69, 9.17) is 4.52 Å². The van der Waals surface area contributed by atoms with Crippen LogP contribution >= 0.6 is 34.4 Å². The van der Waals surface area contributed by atoms with Crippen molar-refractivity contribution in [2.75, 3.05) is 0 Å². The van der Waals surface area contributed by atoms with E-state index in [-0.39, 0.29) is 0 Å². The van der Waals surface area contributed by atoms with Crippen LogP contribution < -0.4 is 0 Å². The zero-order valence-electron chi connectivity index (χ0n) is 7.18. The van der Waals surface area contributed by atoms with Gasteiger partial charge in [0.25, 0.3) is 0 Å². The summed E-state index contributed by atoms with van der Waals surface area (Å²) >= 11 is 3.72. The fourth-order valence-electron chi connectivity index (χ4n) is 0.954. The first-order chi connectivity index (χ1) is 6.84. The van der Waals surface area contributed by atoms with Gasteiger partial charge in [0.15, 0.2) is 0 Å². The van der Waals surface area contributed by atoms with Gasteiger partial charge in [-0.15, -0.1) is 11.8 Å². The summed E-state index contributed by atoms with van der Waals surface area (Å²) in [7, 11) is 0. The molecular formula is C9H7IN2OS. The molecule has 5 heteroatoms. The number of hydrogen-bond acceptors (Lipinski definition) is 4. The van der Waals surface area contributed by atoms with Crippen LogP contribution in [0.5, 0.6) is 0 Å². The number of halogens is 1. The van der Waals surface area contributed by atoms with Crippen LogP contribution in [0.25, 0.3) is 0 Å². The third-order valence-electron chi connectivity index (χ3n) is 1.55. The Labute approximate surface area is 99.4 Å². The maximum atomic E-state index is 5.00. The molecule has 0 amide bonds. The van der Waals surface area contributed by atoms with Gasteiger partial charge in [0.1, 0.15) is 0 Å². The van der Waals surface area contributed by atoms with E-state index in [0.29, 0.717) is 9.72 Å². The molecule has 0 saturated carbocycles. The summed E-state index contributed by atoms with van der Waals surface area (Å²) in [6, 6.07) is 10.2. The Balaban J connectivity index is 1.95. The first-order valence-electron chi connectivity index (χ1n) is 4.00. The molecule has 3 nitrogen and oxygen atoms in total. The van der Waals surface area contributed by atoms with E-state index in [1.807, 2.05) is 40.8 Å². The summed E-state index contributed by atoms with van der Waals surface area (Å²) in [5.74, 6) is 1.39. The molecule has 1 aromatic carbocycles. The number of rotatable bonds is 3. The lowest BCUT2D eigenvalue weighted by atomic mass is 10.4. The second-order valence-corrected chi connectivity index (χ2v) is 4.57. The van der Waals surface area contributed by atoms with Crippen molar-refractivity contribution < 1.29 is 4.52 Å². The highest BCUT2D eigenvalue weighted by atomic mass is 127. The molecule has 0 saturated heterocycles. The average Bonchev–Trinajstić information content (AvgIpc) is 2.63. The van der Waals surface area contributed by atoms with Crippen molar-refractivity contribution >= 4 is 34.4 Å². The molecule has 0 atom stereocenters. The van der Waals surface area contributed by atoms with Crippen LogP contribution in [0.3, 0.4) is 0 Å². The minimum Gasteiger partial charge on any atom is -0.338 e. The summed E-state index contributed by atoms with van der Waals surface area (Å²) < 4.78 is 5.66. The molecule has 0 radical (unpaired) electrons. The highest BCUT2D eigenvalue weighted by molar-refractivity contribution is 14.1. The van der Waals surface area contributed by atoms with Gasteiger partial charge in [-0.1, -0.05) is 23.4 Å². The van der Waals surface area contributed by atoms with Crippen molar-refractivity contribution in [1.82, 2.24) is 10.1 Å². The number of aromatic nitrogens is 2. The molecule has 0 N–H and O–H groups in total. The summed E-state index contributed by atoms with van der Waals surface area (Å²) in [5.41, 5.74) is 0. The fraction of sp³-hybridized carbons (Fsp3) is 0.111. The summed E-state index contributed by atoms with van der Waals surface area (Å²) in [6.07, 6.45) is 0. The predicted octanol–water partition coefficient (Wildman–Crippen LogP) is 2.97. The lowest BCUT2D eigenvalue weighted by Crippen LogP contribution is -1.80. The molecule has 14 heavy (non-hydrogen) atoms. The summed E-state index contributed by atoms with van der Waals surface area (Å²) in [4.78, 5) is 5.32. The van der Waals surface area contributed by atoms with Crippen LogP contribution in [0.15, 0.2) is 39.8 Å². The average molecular weight is 318 g/mol.